The van der Waals surface area contributed by atoms with Crippen molar-refractivity contribution in [3.63, 3.8) is 0 Å². The van der Waals surface area contributed by atoms with Crippen LogP contribution in [0.25, 0.3) is 0 Å². The van der Waals surface area contributed by atoms with Crippen molar-refractivity contribution in [2.45, 2.75) is 270 Å². The molecule has 0 saturated carbocycles. The third kappa shape index (κ3) is 40.3. The van der Waals surface area contributed by atoms with Crippen molar-refractivity contribution in [3.8, 4) is 0 Å². The molecule has 0 aromatic rings. The molecule has 0 heterocycles. The molecule has 53 heavy (non-hydrogen) atoms. The fourth-order valence-electron chi connectivity index (χ4n) is 7.36. The maximum atomic E-state index is 12.5. The van der Waals surface area contributed by atoms with E-state index in [-0.39, 0.29) is 18.9 Å². The van der Waals surface area contributed by atoms with Crippen LogP contribution in [0.15, 0.2) is 24.3 Å². The Hall–Kier alpha value is -1.17. The smallest absolute Gasteiger partial charge is 0.222 e. The Labute approximate surface area is 331 Å². The monoisotopic (exact) mass is 748 g/mol. The Bertz CT molecular complexity index is 784. The van der Waals surface area contributed by atoms with Crippen LogP contribution in [-0.2, 0) is 4.79 Å². The van der Waals surface area contributed by atoms with E-state index in [1.54, 1.807) is 6.08 Å². The molecule has 0 fully saturated rings. The third-order valence-corrected chi connectivity index (χ3v) is 11.0. The van der Waals surface area contributed by atoms with Crippen LogP contribution in [-0.4, -0.2) is 46.1 Å². The molecular weight excluding hydrogens is 655 g/mol. The quantitative estimate of drug-likeness (QED) is 0.0369. The molecule has 4 N–H and O–H groups in total. The lowest BCUT2D eigenvalue weighted by Crippen LogP contribution is -2.45. The Morgan fingerprint density at radius 1 is 0.472 bits per heavy atom. The molecule has 314 valence electrons. The van der Waals surface area contributed by atoms with Crippen molar-refractivity contribution in [1.82, 2.24) is 5.32 Å². The van der Waals surface area contributed by atoms with Gasteiger partial charge in [-0.15, -0.1) is 0 Å². The number of nitrogens with one attached hydrogen (secondary N) is 1. The highest BCUT2D eigenvalue weighted by Crippen LogP contribution is 2.16. The number of hydrogen-bond acceptors (Lipinski definition) is 4. The van der Waals surface area contributed by atoms with Crippen LogP contribution >= 0.6 is 0 Å². The molecule has 0 aliphatic carbocycles. The minimum absolute atomic E-state index is 0.00997. The predicted octanol–water partition coefficient (Wildman–Crippen LogP) is 13.8. The summed E-state index contributed by atoms with van der Waals surface area (Å²) in [6, 6.07) is -0.757. The van der Waals surface area contributed by atoms with Gasteiger partial charge in [0.2, 0.25) is 5.91 Å². The van der Waals surface area contributed by atoms with Gasteiger partial charge in [0.1, 0.15) is 0 Å². The normalized spacial score (nSPS) is 13.7. The lowest BCUT2D eigenvalue weighted by Gasteiger charge is -2.21. The second-order valence-corrected chi connectivity index (χ2v) is 16.4. The Kier molecular flexibility index (Phi) is 42.6. The van der Waals surface area contributed by atoms with Crippen LogP contribution in [0.2, 0.25) is 0 Å². The fourth-order valence-corrected chi connectivity index (χ4v) is 7.36. The van der Waals surface area contributed by atoms with E-state index in [0.717, 1.165) is 32.1 Å². The Balaban J connectivity index is 3.64. The molecule has 1 amide bonds. The third-order valence-electron chi connectivity index (χ3n) is 11.0. The van der Waals surface area contributed by atoms with Crippen molar-refractivity contribution < 1.29 is 20.1 Å². The Morgan fingerprint density at radius 2 is 0.811 bits per heavy atom. The second-order valence-electron chi connectivity index (χ2n) is 16.4. The standard InChI is InChI=1S/C48H93NO4/c1-3-5-7-9-11-13-15-17-19-21-22-23-24-26-27-29-31-33-35-37-39-41-45(51)43-48(53)49-46(44-50)47(52)42-40-38-36-34-32-30-28-25-20-18-16-14-12-10-8-6-4-2/h32,34,40,42,45-47,50-52H,3-31,33,35-39,41,43-44H2,1-2H3,(H,49,53)/b34-32+,42-40+. The molecule has 0 saturated heterocycles. The van der Waals surface area contributed by atoms with E-state index in [1.807, 2.05) is 6.08 Å². The van der Waals surface area contributed by atoms with Crippen LogP contribution in [0.3, 0.4) is 0 Å². The van der Waals surface area contributed by atoms with Crippen LogP contribution < -0.4 is 5.32 Å². The lowest BCUT2D eigenvalue weighted by molar-refractivity contribution is -0.124. The minimum atomic E-state index is -0.948. The number of aliphatic hydroxyl groups is 3. The van der Waals surface area contributed by atoms with Crippen LogP contribution in [0, 0.1) is 0 Å². The van der Waals surface area contributed by atoms with Crippen molar-refractivity contribution in [2.24, 2.45) is 0 Å². The molecular formula is C48H93NO4. The van der Waals surface area contributed by atoms with Crippen molar-refractivity contribution in [2.75, 3.05) is 6.61 Å². The van der Waals surface area contributed by atoms with Crippen molar-refractivity contribution in [3.05, 3.63) is 24.3 Å². The van der Waals surface area contributed by atoms with Crippen LogP contribution in [0.5, 0.6) is 0 Å². The average molecular weight is 748 g/mol. The van der Waals surface area contributed by atoms with E-state index in [1.165, 1.54) is 193 Å². The molecule has 0 radical (unpaired) electrons. The zero-order valence-electron chi connectivity index (χ0n) is 35.7. The molecule has 0 aromatic heterocycles. The zero-order valence-corrected chi connectivity index (χ0v) is 35.7. The number of allylic oxidation sites excluding steroid dienone is 3. The predicted molar refractivity (Wildman–Crippen MR) is 231 cm³/mol. The number of carbonyl (C=O) groups is 1. The number of aliphatic hydroxyl groups excluding tert-OH is 3. The fraction of sp³-hybridized carbons (Fsp3) is 0.896. The van der Waals surface area contributed by atoms with E-state index in [4.69, 9.17) is 0 Å². The molecule has 5 nitrogen and oxygen atoms in total. The summed E-state index contributed by atoms with van der Waals surface area (Å²) in [5.41, 5.74) is 0. The summed E-state index contributed by atoms with van der Waals surface area (Å²) in [5.74, 6) is -0.321. The molecule has 0 aliphatic heterocycles. The van der Waals surface area contributed by atoms with E-state index in [2.05, 4.69) is 31.3 Å². The van der Waals surface area contributed by atoms with E-state index >= 15 is 0 Å². The summed E-state index contributed by atoms with van der Waals surface area (Å²) in [6.07, 6.45) is 53.3. The summed E-state index contributed by atoms with van der Waals surface area (Å²) in [7, 11) is 0. The number of hydrogen-bond donors (Lipinski definition) is 4. The maximum absolute atomic E-state index is 12.5. The molecule has 0 aromatic carbocycles. The summed E-state index contributed by atoms with van der Waals surface area (Å²) in [5, 5.41) is 33.3. The summed E-state index contributed by atoms with van der Waals surface area (Å²) < 4.78 is 0. The highest BCUT2D eigenvalue weighted by Gasteiger charge is 2.20. The first-order valence-electron chi connectivity index (χ1n) is 23.6. The van der Waals surface area contributed by atoms with Gasteiger partial charge in [-0.2, -0.15) is 0 Å². The molecule has 0 bridgehead atoms. The number of unbranched alkanes of at least 4 members (excludes halogenated alkanes) is 32. The number of rotatable bonds is 43. The average Bonchev–Trinajstić information content (AvgIpc) is 3.15. The number of carbonyl (C=O) groups excluding carboxylic acids is 1. The van der Waals surface area contributed by atoms with Gasteiger partial charge in [0.15, 0.2) is 0 Å². The van der Waals surface area contributed by atoms with Gasteiger partial charge in [-0.05, 0) is 32.1 Å². The SMILES string of the molecule is CCCCCCCCCCCCC/C=C/CC/C=C/C(O)C(CO)NC(=O)CC(O)CCCCCCCCCCCCCCCCCCCCCCC. The van der Waals surface area contributed by atoms with Gasteiger partial charge in [-0.3, -0.25) is 4.79 Å². The first-order valence-corrected chi connectivity index (χ1v) is 23.6. The Morgan fingerprint density at radius 3 is 1.21 bits per heavy atom. The van der Waals surface area contributed by atoms with Gasteiger partial charge < -0.3 is 20.6 Å². The molecule has 3 unspecified atom stereocenters. The van der Waals surface area contributed by atoms with Gasteiger partial charge in [-0.1, -0.05) is 237 Å². The van der Waals surface area contributed by atoms with Crippen LogP contribution in [0.1, 0.15) is 251 Å². The first kappa shape index (κ1) is 51.8. The van der Waals surface area contributed by atoms with Crippen molar-refractivity contribution >= 4 is 5.91 Å². The van der Waals surface area contributed by atoms with Crippen LogP contribution in [0.4, 0.5) is 0 Å². The summed E-state index contributed by atoms with van der Waals surface area (Å²) in [6.45, 7) is 4.22. The van der Waals surface area contributed by atoms with Gasteiger partial charge in [0, 0.05) is 0 Å². The van der Waals surface area contributed by atoms with Gasteiger partial charge in [0.05, 0.1) is 31.3 Å². The molecule has 5 heteroatoms. The summed E-state index contributed by atoms with van der Waals surface area (Å²) in [4.78, 5) is 12.5. The lowest BCUT2D eigenvalue weighted by atomic mass is 10.0. The molecule has 0 spiro atoms. The number of amides is 1. The molecule has 0 rings (SSSR count). The molecule has 3 atom stereocenters. The highest BCUT2D eigenvalue weighted by atomic mass is 16.3. The first-order chi connectivity index (χ1) is 26.0. The van der Waals surface area contributed by atoms with E-state index in [0.29, 0.717) is 6.42 Å². The minimum Gasteiger partial charge on any atom is -0.394 e. The second kappa shape index (κ2) is 43.6. The zero-order chi connectivity index (χ0) is 38.7. The van der Waals surface area contributed by atoms with Gasteiger partial charge in [0.25, 0.3) is 0 Å². The summed E-state index contributed by atoms with van der Waals surface area (Å²) >= 11 is 0. The molecule has 0 aliphatic rings. The van der Waals surface area contributed by atoms with E-state index < -0.39 is 18.2 Å². The van der Waals surface area contributed by atoms with E-state index in [9.17, 15) is 20.1 Å². The maximum Gasteiger partial charge on any atom is 0.222 e. The highest BCUT2D eigenvalue weighted by molar-refractivity contribution is 5.76. The van der Waals surface area contributed by atoms with Crippen molar-refractivity contribution in [1.29, 1.82) is 0 Å². The largest absolute Gasteiger partial charge is 0.394 e. The van der Waals surface area contributed by atoms with Gasteiger partial charge in [-0.25, -0.2) is 0 Å². The van der Waals surface area contributed by atoms with Gasteiger partial charge >= 0.3 is 0 Å². The topological polar surface area (TPSA) is 89.8 Å².